The topological polar surface area (TPSA) is 161 Å². The van der Waals surface area contributed by atoms with Gasteiger partial charge in [0.2, 0.25) is 5.78 Å². The van der Waals surface area contributed by atoms with Crippen LogP contribution in [0.3, 0.4) is 0 Å². The second-order valence-electron chi connectivity index (χ2n) is 12.7. The Labute approximate surface area is 249 Å². The number of fused-ring (bicyclic) bond motifs is 3. The van der Waals surface area contributed by atoms with Gasteiger partial charge >= 0.3 is 0 Å². The molecule has 1 unspecified atom stereocenters. The molecule has 5 rings (SSSR count). The highest BCUT2D eigenvalue weighted by atomic mass is 19.1. The molecule has 0 heterocycles. The molecule has 0 saturated heterocycles. The molecule has 0 aromatic heterocycles. The van der Waals surface area contributed by atoms with E-state index in [1.54, 1.807) is 32.3 Å². The summed E-state index contributed by atoms with van der Waals surface area (Å²) in [6.07, 6.45) is 0.652. The number of halogens is 1. The van der Waals surface area contributed by atoms with Crippen LogP contribution in [0, 0.1) is 29.5 Å². The Morgan fingerprint density at radius 3 is 2.40 bits per heavy atom. The van der Waals surface area contributed by atoms with Crippen LogP contribution in [0.15, 0.2) is 53.0 Å². The highest BCUT2D eigenvalue weighted by Gasteiger charge is 2.63. The zero-order valence-electron chi connectivity index (χ0n) is 24.8. The van der Waals surface area contributed by atoms with Crippen LogP contribution in [0.5, 0.6) is 5.75 Å². The highest BCUT2D eigenvalue weighted by molar-refractivity contribution is 6.24. The maximum atomic E-state index is 14.8. The summed E-state index contributed by atoms with van der Waals surface area (Å²) in [5.74, 6) is -6.78. The van der Waals surface area contributed by atoms with Gasteiger partial charge in [0, 0.05) is 11.5 Å². The molecule has 0 spiro atoms. The smallest absolute Gasteiger partial charge is 0.255 e. The number of benzene rings is 2. The number of phenolic OH excluding ortho intramolecular Hbond substituents is 1. The number of ketones is 2. The number of carbonyl (C=O) groups excluding carboxylic acids is 3. The molecule has 2 aromatic rings. The second-order valence-corrected chi connectivity index (χ2v) is 12.7. The fourth-order valence-electron chi connectivity index (χ4n) is 7.00. The number of hydrogen-bond acceptors (Lipinski definition) is 8. The number of Topliss-reactive ketones (excluding diaryl/α,β-unsaturated/α-hetero) is 2. The number of amides is 1. The summed E-state index contributed by atoms with van der Waals surface area (Å²) in [4.78, 5) is 41.1. The zero-order chi connectivity index (χ0) is 31.7. The number of hydrogen-bond donors (Lipinski definition) is 5. The van der Waals surface area contributed by atoms with Gasteiger partial charge < -0.3 is 26.2 Å². The van der Waals surface area contributed by atoms with Crippen molar-refractivity contribution in [3.8, 4) is 16.9 Å². The maximum absolute atomic E-state index is 14.8. The summed E-state index contributed by atoms with van der Waals surface area (Å²) in [7, 11) is 3.16. The number of carbonyl (C=O) groups is 3. The SMILES string of the molecule is CC(C)C(C)Cc1cc(-c2ccc(O)c3c2C[C@H]2C[C@H]4[C@H](N(C)C)C(O)=C(C(N)=O)C(=O)[C@@]4(O)C(O)=C2C3=O)ccc1F. The van der Waals surface area contributed by atoms with E-state index in [0.29, 0.717) is 34.6 Å². The molecule has 228 valence electrons. The number of phenols is 1. The first-order valence-electron chi connectivity index (χ1n) is 14.4. The van der Waals surface area contributed by atoms with Gasteiger partial charge in [-0.2, -0.15) is 0 Å². The standard InChI is InChI=1S/C33H37FN2O7/c1-14(2)15(3)10-17-11-16(6-8-22(17)34)19-7-9-23(37)25-20(19)12-18-13-21-27(36(4)5)29(39)26(32(35)42)31(41)33(21,43)30(40)24(18)28(25)38/h6-9,11,14-15,18,21,27,37,39-40,43H,10,12-13H2,1-5H3,(H2,35,42)/t15?,18-,21-,27-,33-/m0/s1. The molecule has 0 bridgehead atoms. The van der Waals surface area contributed by atoms with Gasteiger partial charge in [0.1, 0.15) is 28.7 Å². The predicted octanol–water partition coefficient (Wildman–Crippen LogP) is 3.76. The van der Waals surface area contributed by atoms with Gasteiger partial charge in [-0.3, -0.25) is 19.3 Å². The summed E-state index contributed by atoms with van der Waals surface area (Å²) in [6, 6.07) is 6.71. The first-order chi connectivity index (χ1) is 20.1. The fraction of sp³-hybridized carbons (Fsp3) is 0.424. The second kappa shape index (κ2) is 10.6. The first kappa shape index (κ1) is 30.4. The quantitative estimate of drug-likeness (QED) is 0.317. The Balaban J connectivity index is 1.66. The molecule has 3 aliphatic carbocycles. The number of likely N-dealkylation sites (N-methyl/N-ethyl adjacent to an activating group) is 1. The van der Waals surface area contributed by atoms with Gasteiger partial charge in [-0.1, -0.05) is 32.9 Å². The van der Waals surface area contributed by atoms with Crippen LogP contribution >= 0.6 is 0 Å². The van der Waals surface area contributed by atoms with Gasteiger partial charge in [-0.15, -0.1) is 0 Å². The molecule has 10 heteroatoms. The van der Waals surface area contributed by atoms with Crippen molar-refractivity contribution >= 4 is 17.5 Å². The monoisotopic (exact) mass is 592 g/mol. The lowest BCUT2D eigenvalue weighted by Gasteiger charge is -2.50. The van der Waals surface area contributed by atoms with Crippen LogP contribution in [-0.2, 0) is 22.4 Å². The van der Waals surface area contributed by atoms with Crippen molar-refractivity contribution in [2.24, 2.45) is 29.4 Å². The Bertz CT molecular complexity index is 1630. The summed E-state index contributed by atoms with van der Waals surface area (Å²) >= 11 is 0. The molecule has 5 atom stereocenters. The predicted molar refractivity (Wildman–Crippen MR) is 157 cm³/mol. The number of aliphatic hydroxyl groups is 3. The number of nitrogens with zero attached hydrogens (tertiary/aromatic N) is 1. The lowest BCUT2D eigenvalue weighted by Crippen LogP contribution is -2.63. The number of aromatic hydroxyl groups is 1. The molecule has 6 N–H and O–H groups in total. The Morgan fingerprint density at radius 1 is 1.12 bits per heavy atom. The average Bonchev–Trinajstić information content (AvgIpc) is 2.91. The van der Waals surface area contributed by atoms with Crippen molar-refractivity contribution in [1.82, 2.24) is 4.90 Å². The zero-order valence-corrected chi connectivity index (χ0v) is 24.8. The minimum Gasteiger partial charge on any atom is -0.510 e. The summed E-state index contributed by atoms with van der Waals surface area (Å²) in [5, 5.41) is 45.0. The molecule has 0 radical (unpaired) electrons. The van der Waals surface area contributed by atoms with E-state index in [0.717, 1.165) is 0 Å². The van der Waals surface area contributed by atoms with Crippen LogP contribution in [0.4, 0.5) is 4.39 Å². The maximum Gasteiger partial charge on any atom is 0.255 e. The van der Waals surface area contributed by atoms with Crippen molar-refractivity contribution in [3.05, 3.63) is 75.5 Å². The van der Waals surface area contributed by atoms with E-state index in [2.05, 4.69) is 20.8 Å². The van der Waals surface area contributed by atoms with Crippen LogP contribution in [-0.4, -0.2) is 68.5 Å². The van der Waals surface area contributed by atoms with Gasteiger partial charge in [-0.25, -0.2) is 4.39 Å². The van der Waals surface area contributed by atoms with Crippen molar-refractivity contribution in [3.63, 3.8) is 0 Å². The lowest BCUT2D eigenvalue weighted by atomic mass is 9.58. The third-order valence-electron chi connectivity index (χ3n) is 9.64. The molecule has 0 aliphatic heterocycles. The number of allylic oxidation sites excluding steroid dienone is 1. The van der Waals surface area contributed by atoms with Crippen molar-refractivity contribution in [2.75, 3.05) is 14.1 Å². The minimum atomic E-state index is -2.70. The third-order valence-corrected chi connectivity index (χ3v) is 9.64. The Hall–Kier alpha value is -4.02. The summed E-state index contributed by atoms with van der Waals surface area (Å²) < 4.78 is 14.8. The van der Waals surface area contributed by atoms with Crippen molar-refractivity contribution in [1.29, 1.82) is 0 Å². The molecule has 43 heavy (non-hydrogen) atoms. The van der Waals surface area contributed by atoms with E-state index in [1.807, 2.05) is 0 Å². The van der Waals surface area contributed by atoms with E-state index in [4.69, 9.17) is 5.73 Å². The van der Waals surface area contributed by atoms with Gasteiger partial charge in [0.05, 0.1) is 11.6 Å². The number of rotatable bonds is 6. The molecular weight excluding hydrogens is 555 g/mol. The molecule has 1 amide bonds. The van der Waals surface area contributed by atoms with Gasteiger partial charge in [0.15, 0.2) is 11.4 Å². The van der Waals surface area contributed by atoms with Crippen LogP contribution in [0.2, 0.25) is 0 Å². The van der Waals surface area contributed by atoms with Crippen LogP contribution in [0.25, 0.3) is 11.1 Å². The third kappa shape index (κ3) is 4.55. The van der Waals surface area contributed by atoms with Crippen LogP contribution < -0.4 is 5.73 Å². The Morgan fingerprint density at radius 2 is 1.79 bits per heavy atom. The average molecular weight is 593 g/mol. The summed E-state index contributed by atoms with van der Waals surface area (Å²) in [6.45, 7) is 6.20. The van der Waals surface area contributed by atoms with E-state index < -0.39 is 58.0 Å². The molecule has 9 nitrogen and oxygen atoms in total. The fourth-order valence-corrected chi connectivity index (χ4v) is 7.00. The van der Waals surface area contributed by atoms with Crippen LogP contribution in [0.1, 0.15) is 48.7 Å². The van der Waals surface area contributed by atoms with E-state index in [1.165, 1.54) is 17.0 Å². The molecule has 0 saturated carbocycles. The lowest BCUT2D eigenvalue weighted by molar-refractivity contribution is -0.148. The molecule has 3 aliphatic rings. The molecule has 2 aromatic carbocycles. The number of primary amides is 1. The van der Waals surface area contributed by atoms with Crippen molar-refractivity contribution in [2.45, 2.75) is 51.7 Å². The van der Waals surface area contributed by atoms with Crippen molar-refractivity contribution < 1.29 is 39.2 Å². The highest BCUT2D eigenvalue weighted by Crippen LogP contribution is 2.53. The Kier molecular flexibility index (Phi) is 7.51. The van der Waals surface area contributed by atoms with E-state index in [-0.39, 0.29) is 41.5 Å². The van der Waals surface area contributed by atoms with E-state index in [9.17, 15) is 39.2 Å². The number of nitrogens with two attached hydrogens (primary N) is 1. The largest absolute Gasteiger partial charge is 0.510 e. The molecule has 0 fully saturated rings. The molecular formula is C33H37FN2O7. The van der Waals surface area contributed by atoms with Gasteiger partial charge in [-0.05, 0) is 91.6 Å². The first-order valence-corrected chi connectivity index (χ1v) is 14.4. The van der Waals surface area contributed by atoms with Gasteiger partial charge in [0.25, 0.3) is 5.91 Å². The number of aliphatic hydroxyl groups excluding tert-OH is 2. The normalized spacial score (nSPS) is 26.0. The van der Waals surface area contributed by atoms with E-state index >= 15 is 0 Å². The minimum absolute atomic E-state index is 0.0125. The summed E-state index contributed by atoms with van der Waals surface area (Å²) in [5.41, 5.74) is 3.83.